The smallest absolute Gasteiger partial charge is 0.257 e. The summed E-state index contributed by atoms with van der Waals surface area (Å²) in [4.78, 5) is 17.0. The number of fused-ring (bicyclic) bond motifs is 1. The lowest BCUT2D eigenvalue weighted by Gasteiger charge is -2.13. The zero-order valence-electron chi connectivity index (χ0n) is 15.2. The Kier molecular flexibility index (Phi) is 4.77. The van der Waals surface area contributed by atoms with Gasteiger partial charge in [-0.05, 0) is 56.3 Å². The van der Waals surface area contributed by atoms with E-state index >= 15 is 0 Å². The summed E-state index contributed by atoms with van der Waals surface area (Å²) in [5.41, 5.74) is 3.55. The summed E-state index contributed by atoms with van der Waals surface area (Å²) in [7, 11) is 0. The molecule has 0 bridgehead atoms. The fourth-order valence-corrected chi connectivity index (χ4v) is 3.82. The number of carbonyl (C=O) groups is 1. The van der Waals surface area contributed by atoms with Crippen LogP contribution in [0.1, 0.15) is 30.6 Å². The Labute approximate surface area is 161 Å². The van der Waals surface area contributed by atoms with E-state index in [4.69, 9.17) is 4.74 Å². The van der Waals surface area contributed by atoms with Gasteiger partial charge in [-0.2, -0.15) is 5.10 Å². The second-order valence-electron chi connectivity index (χ2n) is 6.29. The van der Waals surface area contributed by atoms with Crippen LogP contribution in [0.5, 0.6) is 5.75 Å². The number of aromatic nitrogens is 1. The number of carbonyl (C=O) groups excluding carboxylic acids is 1. The van der Waals surface area contributed by atoms with Crippen molar-refractivity contribution in [1.29, 1.82) is 0 Å². The number of hydrogen-bond acceptors (Lipinski definition) is 6. The van der Waals surface area contributed by atoms with Gasteiger partial charge >= 0.3 is 0 Å². The Morgan fingerprint density at radius 1 is 1.26 bits per heavy atom. The largest absolute Gasteiger partial charge is 0.494 e. The summed E-state index contributed by atoms with van der Waals surface area (Å²) in [5, 5.41) is 9.89. The third kappa shape index (κ3) is 3.78. The predicted octanol–water partition coefficient (Wildman–Crippen LogP) is 4.53. The molecule has 0 spiro atoms. The van der Waals surface area contributed by atoms with Gasteiger partial charge in [-0.1, -0.05) is 11.3 Å². The van der Waals surface area contributed by atoms with Gasteiger partial charge in [0, 0.05) is 24.2 Å². The molecule has 3 aromatic rings. The highest BCUT2D eigenvalue weighted by Gasteiger charge is 2.14. The van der Waals surface area contributed by atoms with Crippen molar-refractivity contribution in [2.75, 3.05) is 23.5 Å². The number of amides is 1. The van der Waals surface area contributed by atoms with Crippen molar-refractivity contribution in [3.8, 4) is 5.75 Å². The summed E-state index contributed by atoms with van der Waals surface area (Å²) < 4.78 is 6.49. The first kappa shape index (κ1) is 17.5. The van der Waals surface area contributed by atoms with Crippen LogP contribution in [0.25, 0.3) is 10.2 Å². The Balaban J connectivity index is 1.47. The monoisotopic (exact) mass is 380 g/mol. The highest BCUT2D eigenvalue weighted by molar-refractivity contribution is 7.22. The maximum Gasteiger partial charge on any atom is 0.257 e. The van der Waals surface area contributed by atoms with Gasteiger partial charge in [0.15, 0.2) is 5.13 Å². The maximum absolute atomic E-state index is 12.5. The van der Waals surface area contributed by atoms with E-state index in [0.29, 0.717) is 17.3 Å². The summed E-state index contributed by atoms with van der Waals surface area (Å²) in [6, 6.07) is 13.2. The topological polar surface area (TPSA) is 66.8 Å². The molecule has 0 radical (unpaired) electrons. The van der Waals surface area contributed by atoms with E-state index in [-0.39, 0.29) is 5.91 Å². The lowest BCUT2D eigenvalue weighted by atomic mass is 10.2. The molecule has 4 rings (SSSR count). The molecule has 0 atom stereocenters. The number of hydrogen-bond donors (Lipinski definition) is 1. The fourth-order valence-electron chi connectivity index (χ4n) is 2.93. The van der Waals surface area contributed by atoms with Crippen molar-refractivity contribution in [1.82, 2.24) is 4.98 Å². The first-order valence-corrected chi connectivity index (χ1v) is 9.70. The molecule has 1 aromatic heterocycles. The third-order valence-corrected chi connectivity index (χ3v) is 5.23. The van der Waals surface area contributed by atoms with Crippen molar-refractivity contribution >= 4 is 44.0 Å². The number of thiazole rings is 1. The first-order valence-electron chi connectivity index (χ1n) is 8.89. The Morgan fingerprint density at radius 2 is 2.07 bits per heavy atom. The molecule has 6 nitrogen and oxygen atoms in total. The highest BCUT2D eigenvalue weighted by atomic mass is 32.1. The molecule has 1 aliphatic heterocycles. The number of ether oxygens (including phenoxy) is 1. The molecule has 0 saturated heterocycles. The van der Waals surface area contributed by atoms with E-state index in [1.54, 1.807) is 0 Å². The molecule has 1 amide bonds. The normalized spacial score (nSPS) is 13.7. The van der Waals surface area contributed by atoms with E-state index in [0.717, 1.165) is 40.3 Å². The van der Waals surface area contributed by atoms with E-state index < -0.39 is 0 Å². The minimum Gasteiger partial charge on any atom is -0.494 e. The van der Waals surface area contributed by atoms with Gasteiger partial charge in [0.05, 0.1) is 22.5 Å². The van der Waals surface area contributed by atoms with Crippen molar-refractivity contribution in [2.24, 2.45) is 5.10 Å². The molecule has 2 aromatic carbocycles. The molecule has 0 saturated carbocycles. The second kappa shape index (κ2) is 7.36. The van der Waals surface area contributed by atoms with Gasteiger partial charge in [0.25, 0.3) is 5.91 Å². The lowest BCUT2D eigenvalue weighted by molar-refractivity contribution is 0.102. The number of hydrazone groups is 1. The van der Waals surface area contributed by atoms with Crippen LogP contribution in [0.4, 0.5) is 10.8 Å². The molecule has 1 N–H and O–H groups in total. The minimum atomic E-state index is -0.174. The van der Waals surface area contributed by atoms with Crippen molar-refractivity contribution in [3.05, 3.63) is 48.0 Å². The molecule has 0 unspecified atom stereocenters. The van der Waals surface area contributed by atoms with Crippen LogP contribution in [-0.4, -0.2) is 29.8 Å². The molecule has 2 heterocycles. The maximum atomic E-state index is 12.5. The molecule has 0 aliphatic carbocycles. The van der Waals surface area contributed by atoms with Gasteiger partial charge in [-0.3, -0.25) is 15.1 Å². The van der Waals surface area contributed by atoms with Gasteiger partial charge < -0.3 is 4.74 Å². The van der Waals surface area contributed by atoms with E-state index in [9.17, 15) is 4.79 Å². The Hall–Kier alpha value is -2.93. The van der Waals surface area contributed by atoms with Crippen molar-refractivity contribution < 1.29 is 9.53 Å². The molecule has 1 aliphatic rings. The van der Waals surface area contributed by atoms with Crippen LogP contribution < -0.4 is 15.1 Å². The van der Waals surface area contributed by atoms with Crippen LogP contribution in [-0.2, 0) is 0 Å². The summed E-state index contributed by atoms with van der Waals surface area (Å²) in [6.07, 6.45) is 0.977. The second-order valence-corrected chi connectivity index (χ2v) is 7.32. The average Bonchev–Trinajstić information content (AvgIpc) is 3.27. The average molecular weight is 380 g/mol. The van der Waals surface area contributed by atoms with Gasteiger partial charge in [-0.25, -0.2) is 4.98 Å². The summed E-state index contributed by atoms with van der Waals surface area (Å²) >= 11 is 1.44. The lowest BCUT2D eigenvalue weighted by Crippen LogP contribution is -2.14. The van der Waals surface area contributed by atoms with E-state index in [2.05, 4.69) is 15.4 Å². The summed E-state index contributed by atoms with van der Waals surface area (Å²) in [5.74, 6) is 0.633. The van der Waals surface area contributed by atoms with Crippen molar-refractivity contribution in [3.63, 3.8) is 0 Å². The van der Waals surface area contributed by atoms with Crippen molar-refractivity contribution in [2.45, 2.75) is 20.3 Å². The number of benzene rings is 2. The van der Waals surface area contributed by atoms with Crippen LogP contribution in [0.15, 0.2) is 47.6 Å². The fraction of sp³-hybridized carbons (Fsp3) is 0.250. The van der Waals surface area contributed by atoms with E-state index in [1.165, 1.54) is 11.3 Å². The predicted molar refractivity (Wildman–Crippen MR) is 110 cm³/mol. The first-order chi connectivity index (χ1) is 13.1. The van der Waals surface area contributed by atoms with Gasteiger partial charge in [0.2, 0.25) is 0 Å². The molecule has 7 heteroatoms. The quantitative estimate of drug-likeness (QED) is 0.706. The number of nitrogens with one attached hydrogen (secondary N) is 1. The molecule has 27 heavy (non-hydrogen) atoms. The van der Waals surface area contributed by atoms with Crippen LogP contribution in [0.2, 0.25) is 0 Å². The Bertz CT molecular complexity index is 1010. The van der Waals surface area contributed by atoms with Crippen LogP contribution in [0, 0.1) is 0 Å². The van der Waals surface area contributed by atoms with Gasteiger partial charge in [0.1, 0.15) is 5.75 Å². The molecular formula is C20H20N4O2S. The van der Waals surface area contributed by atoms with E-state index in [1.807, 2.05) is 61.3 Å². The third-order valence-electron chi connectivity index (χ3n) is 4.30. The molecule has 0 fully saturated rings. The summed E-state index contributed by atoms with van der Waals surface area (Å²) in [6.45, 7) is 5.47. The number of rotatable bonds is 5. The number of anilines is 2. The van der Waals surface area contributed by atoms with Crippen LogP contribution in [0.3, 0.4) is 0 Å². The zero-order valence-corrected chi connectivity index (χ0v) is 16.0. The Morgan fingerprint density at radius 3 is 2.78 bits per heavy atom. The molecular weight excluding hydrogens is 360 g/mol. The van der Waals surface area contributed by atoms with Crippen LogP contribution >= 0.6 is 11.3 Å². The standard InChI is InChI=1S/C20H20N4O2S/c1-3-26-16-8-9-17-18(12-16)27-20(21-17)22-19(25)14-4-6-15(7-5-14)24-11-10-13(2)23-24/h4-9,12H,3,10-11H2,1-2H3,(H,21,22,25). The highest BCUT2D eigenvalue weighted by Crippen LogP contribution is 2.29. The molecule has 138 valence electrons. The number of nitrogens with zero attached hydrogens (tertiary/aromatic N) is 3. The SMILES string of the molecule is CCOc1ccc2nc(NC(=O)c3ccc(N4CCC(C)=N4)cc3)sc2c1. The zero-order chi connectivity index (χ0) is 18.8. The van der Waals surface area contributed by atoms with Gasteiger partial charge in [-0.15, -0.1) is 0 Å². The minimum absolute atomic E-state index is 0.174.